The van der Waals surface area contributed by atoms with Crippen LogP contribution in [0.2, 0.25) is 0 Å². The SMILES string of the molecule is COCCn1ncc(Br)c1C(N)c1cccc(C)c1. The molecule has 1 unspecified atom stereocenters. The number of aryl methyl sites for hydroxylation is 1. The minimum absolute atomic E-state index is 0.200. The number of nitrogens with zero attached hydrogens (tertiary/aromatic N) is 2. The topological polar surface area (TPSA) is 53.1 Å². The molecule has 0 saturated carbocycles. The molecular formula is C14H18BrN3O. The van der Waals surface area contributed by atoms with E-state index in [-0.39, 0.29) is 6.04 Å². The number of rotatable bonds is 5. The first-order valence-corrected chi connectivity index (χ1v) is 6.95. The lowest BCUT2D eigenvalue weighted by molar-refractivity contribution is 0.182. The lowest BCUT2D eigenvalue weighted by Crippen LogP contribution is -2.19. The van der Waals surface area contributed by atoms with Crippen LogP contribution in [0.4, 0.5) is 0 Å². The van der Waals surface area contributed by atoms with Crippen molar-refractivity contribution in [3.8, 4) is 0 Å². The molecule has 1 aromatic heterocycles. The molecule has 1 aromatic carbocycles. The van der Waals surface area contributed by atoms with Crippen molar-refractivity contribution >= 4 is 15.9 Å². The van der Waals surface area contributed by atoms with Crippen LogP contribution in [0.25, 0.3) is 0 Å². The number of hydrogen-bond acceptors (Lipinski definition) is 3. The Morgan fingerprint density at radius 3 is 2.95 bits per heavy atom. The minimum Gasteiger partial charge on any atom is -0.383 e. The second-order valence-electron chi connectivity index (χ2n) is 4.49. The third kappa shape index (κ3) is 3.23. The van der Waals surface area contributed by atoms with Crippen LogP contribution in [0, 0.1) is 6.92 Å². The van der Waals surface area contributed by atoms with Crippen molar-refractivity contribution < 1.29 is 4.74 Å². The van der Waals surface area contributed by atoms with E-state index >= 15 is 0 Å². The highest BCUT2D eigenvalue weighted by molar-refractivity contribution is 9.10. The standard InChI is InChI=1S/C14H18BrN3O/c1-10-4-3-5-11(8-10)13(16)14-12(15)9-17-18(14)6-7-19-2/h3-5,8-9,13H,6-7,16H2,1-2H3. The fraction of sp³-hybridized carbons (Fsp3) is 0.357. The number of nitrogens with two attached hydrogens (primary N) is 1. The molecule has 19 heavy (non-hydrogen) atoms. The molecule has 0 saturated heterocycles. The third-order valence-corrected chi connectivity index (χ3v) is 3.65. The zero-order valence-corrected chi connectivity index (χ0v) is 12.7. The van der Waals surface area contributed by atoms with Crippen molar-refractivity contribution in [1.29, 1.82) is 0 Å². The summed E-state index contributed by atoms with van der Waals surface area (Å²) in [6, 6.07) is 8.03. The van der Waals surface area contributed by atoms with Crippen LogP contribution in [0.1, 0.15) is 22.9 Å². The molecule has 2 aromatic rings. The maximum absolute atomic E-state index is 6.37. The summed E-state index contributed by atoms with van der Waals surface area (Å²) in [4.78, 5) is 0. The van der Waals surface area contributed by atoms with E-state index in [0.717, 1.165) is 15.7 Å². The molecule has 0 bridgehead atoms. The molecule has 0 fully saturated rings. The normalized spacial score (nSPS) is 12.6. The lowest BCUT2D eigenvalue weighted by Gasteiger charge is -2.16. The van der Waals surface area contributed by atoms with Gasteiger partial charge in [0.2, 0.25) is 0 Å². The van der Waals surface area contributed by atoms with Crippen LogP contribution in [-0.2, 0) is 11.3 Å². The zero-order valence-electron chi connectivity index (χ0n) is 11.1. The second-order valence-corrected chi connectivity index (χ2v) is 5.34. The number of halogens is 1. The second kappa shape index (κ2) is 6.32. The molecule has 102 valence electrons. The summed E-state index contributed by atoms with van der Waals surface area (Å²) in [5.41, 5.74) is 9.63. The Morgan fingerprint density at radius 1 is 1.47 bits per heavy atom. The average Bonchev–Trinajstić information content (AvgIpc) is 2.76. The van der Waals surface area contributed by atoms with Gasteiger partial charge in [-0.05, 0) is 28.4 Å². The predicted molar refractivity (Wildman–Crippen MR) is 79.0 cm³/mol. The molecule has 0 aliphatic carbocycles. The largest absolute Gasteiger partial charge is 0.383 e. The van der Waals surface area contributed by atoms with Crippen molar-refractivity contribution in [3.63, 3.8) is 0 Å². The number of hydrogen-bond donors (Lipinski definition) is 1. The molecule has 4 nitrogen and oxygen atoms in total. The Balaban J connectivity index is 2.32. The Bertz CT molecular complexity index is 553. The van der Waals surface area contributed by atoms with Gasteiger partial charge in [-0.1, -0.05) is 29.8 Å². The van der Waals surface area contributed by atoms with E-state index in [1.807, 2.05) is 16.8 Å². The molecule has 0 radical (unpaired) electrons. The smallest absolute Gasteiger partial charge is 0.0739 e. The number of methoxy groups -OCH3 is 1. The first-order chi connectivity index (χ1) is 9.13. The number of ether oxygens (including phenoxy) is 1. The Morgan fingerprint density at radius 2 is 2.26 bits per heavy atom. The highest BCUT2D eigenvalue weighted by Crippen LogP contribution is 2.27. The maximum atomic E-state index is 6.37. The van der Waals surface area contributed by atoms with Gasteiger partial charge in [-0.3, -0.25) is 4.68 Å². The van der Waals surface area contributed by atoms with Crippen LogP contribution in [0.15, 0.2) is 34.9 Å². The van der Waals surface area contributed by atoms with E-state index in [0.29, 0.717) is 13.2 Å². The molecule has 1 heterocycles. The van der Waals surface area contributed by atoms with Gasteiger partial charge in [-0.2, -0.15) is 5.10 Å². The fourth-order valence-corrected chi connectivity index (χ4v) is 2.60. The van der Waals surface area contributed by atoms with Crippen molar-refractivity contribution in [3.05, 3.63) is 51.8 Å². The molecule has 0 amide bonds. The van der Waals surface area contributed by atoms with Crippen LogP contribution < -0.4 is 5.73 Å². The summed E-state index contributed by atoms with van der Waals surface area (Å²) < 4.78 is 7.92. The van der Waals surface area contributed by atoms with Gasteiger partial charge in [0.1, 0.15) is 0 Å². The van der Waals surface area contributed by atoms with E-state index in [1.165, 1.54) is 5.56 Å². The van der Waals surface area contributed by atoms with E-state index < -0.39 is 0 Å². The van der Waals surface area contributed by atoms with Crippen LogP contribution in [-0.4, -0.2) is 23.5 Å². The maximum Gasteiger partial charge on any atom is 0.0739 e. The molecule has 0 aliphatic heterocycles. The number of benzene rings is 1. The summed E-state index contributed by atoms with van der Waals surface area (Å²) in [5.74, 6) is 0. The summed E-state index contributed by atoms with van der Waals surface area (Å²) in [6.45, 7) is 3.37. The average molecular weight is 324 g/mol. The Labute approximate surface area is 121 Å². The Kier molecular flexibility index (Phi) is 4.74. The van der Waals surface area contributed by atoms with Crippen LogP contribution in [0.3, 0.4) is 0 Å². The van der Waals surface area contributed by atoms with Crippen LogP contribution in [0.5, 0.6) is 0 Å². The molecule has 2 rings (SSSR count). The number of aromatic nitrogens is 2. The van der Waals surface area contributed by atoms with Crippen molar-refractivity contribution in [2.45, 2.75) is 19.5 Å². The van der Waals surface area contributed by atoms with Gasteiger partial charge in [-0.15, -0.1) is 0 Å². The highest BCUT2D eigenvalue weighted by Gasteiger charge is 2.18. The van der Waals surface area contributed by atoms with E-state index in [1.54, 1.807) is 13.3 Å². The molecular weight excluding hydrogens is 306 g/mol. The van der Waals surface area contributed by atoms with E-state index in [9.17, 15) is 0 Å². The monoisotopic (exact) mass is 323 g/mol. The fourth-order valence-electron chi connectivity index (χ4n) is 2.06. The van der Waals surface area contributed by atoms with Gasteiger partial charge in [0.15, 0.2) is 0 Å². The van der Waals surface area contributed by atoms with Crippen molar-refractivity contribution in [1.82, 2.24) is 9.78 Å². The van der Waals surface area contributed by atoms with Crippen molar-refractivity contribution in [2.75, 3.05) is 13.7 Å². The van der Waals surface area contributed by atoms with Gasteiger partial charge >= 0.3 is 0 Å². The van der Waals surface area contributed by atoms with Gasteiger partial charge in [-0.25, -0.2) is 0 Å². The van der Waals surface area contributed by atoms with Gasteiger partial charge in [0, 0.05) is 7.11 Å². The van der Waals surface area contributed by atoms with Gasteiger partial charge < -0.3 is 10.5 Å². The van der Waals surface area contributed by atoms with Gasteiger partial charge in [0.25, 0.3) is 0 Å². The third-order valence-electron chi connectivity index (χ3n) is 3.04. The summed E-state index contributed by atoms with van der Waals surface area (Å²) >= 11 is 3.52. The van der Waals surface area contributed by atoms with E-state index in [2.05, 4.69) is 40.1 Å². The minimum atomic E-state index is -0.200. The highest BCUT2D eigenvalue weighted by atomic mass is 79.9. The first-order valence-electron chi connectivity index (χ1n) is 6.15. The molecule has 0 aliphatic rings. The molecule has 2 N–H and O–H groups in total. The predicted octanol–water partition coefficient (Wildman–Crippen LogP) is 2.65. The summed E-state index contributed by atoms with van der Waals surface area (Å²) in [6.07, 6.45) is 1.78. The van der Waals surface area contributed by atoms with E-state index in [4.69, 9.17) is 10.5 Å². The zero-order chi connectivity index (χ0) is 13.8. The summed E-state index contributed by atoms with van der Waals surface area (Å²) in [7, 11) is 1.68. The van der Waals surface area contributed by atoms with Gasteiger partial charge in [0.05, 0.1) is 35.6 Å². The molecule has 5 heteroatoms. The van der Waals surface area contributed by atoms with Crippen LogP contribution >= 0.6 is 15.9 Å². The molecule has 1 atom stereocenters. The van der Waals surface area contributed by atoms with Crippen molar-refractivity contribution in [2.24, 2.45) is 5.73 Å². The quantitative estimate of drug-likeness (QED) is 0.920. The first kappa shape index (κ1) is 14.2. The lowest BCUT2D eigenvalue weighted by atomic mass is 10.0. The summed E-state index contributed by atoms with van der Waals surface area (Å²) in [5, 5.41) is 4.33. The molecule has 0 spiro atoms. The Hall–Kier alpha value is -1.17.